The van der Waals surface area contributed by atoms with Crippen molar-refractivity contribution in [2.45, 2.75) is 19.8 Å². The molecular formula is C22H22ClN5O2. The Bertz CT molecular complexity index is 1050. The highest BCUT2D eigenvalue weighted by atomic mass is 35.5. The number of para-hydroxylation sites is 1. The first-order valence-corrected chi connectivity index (χ1v) is 10.2. The zero-order valence-electron chi connectivity index (χ0n) is 16.6. The highest BCUT2D eigenvalue weighted by Crippen LogP contribution is 2.21. The largest absolute Gasteiger partial charge is 0.336 e. The normalized spacial score (nSPS) is 16.3. The number of nitrogens with zero attached hydrogens (tertiary/aromatic N) is 4. The maximum atomic E-state index is 13.1. The molecule has 0 saturated carbocycles. The van der Waals surface area contributed by atoms with Crippen LogP contribution in [-0.4, -0.2) is 44.6 Å². The van der Waals surface area contributed by atoms with Gasteiger partial charge in [0.1, 0.15) is 5.82 Å². The van der Waals surface area contributed by atoms with Crippen LogP contribution in [0.15, 0.2) is 54.7 Å². The lowest BCUT2D eigenvalue weighted by molar-refractivity contribution is -0.121. The summed E-state index contributed by atoms with van der Waals surface area (Å²) < 4.78 is 1.76. The van der Waals surface area contributed by atoms with Crippen molar-refractivity contribution in [1.29, 1.82) is 0 Å². The van der Waals surface area contributed by atoms with Crippen molar-refractivity contribution in [3.8, 4) is 5.69 Å². The molecule has 7 nitrogen and oxygen atoms in total. The van der Waals surface area contributed by atoms with Gasteiger partial charge in [0.2, 0.25) is 5.91 Å². The van der Waals surface area contributed by atoms with Crippen LogP contribution < -0.4 is 5.32 Å². The second kappa shape index (κ2) is 8.67. The van der Waals surface area contributed by atoms with E-state index < -0.39 is 0 Å². The van der Waals surface area contributed by atoms with Gasteiger partial charge in [-0.25, -0.2) is 9.67 Å². The summed E-state index contributed by atoms with van der Waals surface area (Å²) in [6.45, 7) is 2.89. The van der Waals surface area contributed by atoms with E-state index in [-0.39, 0.29) is 17.7 Å². The Morgan fingerprint density at radius 3 is 2.70 bits per heavy atom. The van der Waals surface area contributed by atoms with Crippen LogP contribution in [0.3, 0.4) is 0 Å². The van der Waals surface area contributed by atoms with E-state index in [1.165, 1.54) is 6.20 Å². The summed E-state index contributed by atoms with van der Waals surface area (Å²) in [5, 5.41) is 7.82. The number of anilines is 1. The van der Waals surface area contributed by atoms with Gasteiger partial charge in [-0.15, -0.1) is 0 Å². The summed E-state index contributed by atoms with van der Waals surface area (Å²) in [4.78, 5) is 31.5. The lowest BCUT2D eigenvalue weighted by atomic mass is 9.97. The summed E-state index contributed by atoms with van der Waals surface area (Å²) in [6, 6.07) is 14.8. The molecule has 2 aromatic heterocycles. The van der Waals surface area contributed by atoms with Gasteiger partial charge in [0.25, 0.3) is 5.91 Å². The third kappa shape index (κ3) is 4.36. The molecule has 0 spiro atoms. The number of hydrogen-bond donors (Lipinski definition) is 1. The summed E-state index contributed by atoms with van der Waals surface area (Å²) >= 11 is 5.83. The molecule has 0 radical (unpaired) electrons. The number of hydrogen-bond acceptors (Lipinski definition) is 4. The van der Waals surface area contributed by atoms with Crippen molar-refractivity contribution in [2.24, 2.45) is 5.92 Å². The molecular weight excluding hydrogens is 402 g/mol. The fourth-order valence-corrected chi connectivity index (χ4v) is 3.74. The van der Waals surface area contributed by atoms with Gasteiger partial charge in [-0.1, -0.05) is 29.8 Å². The molecule has 1 aromatic carbocycles. The van der Waals surface area contributed by atoms with E-state index in [0.717, 1.165) is 24.2 Å². The summed E-state index contributed by atoms with van der Waals surface area (Å²) in [7, 11) is 0. The van der Waals surface area contributed by atoms with Crippen LogP contribution in [0, 0.1) is 12.8 Å². The zero-order chi connectivity index (χ0) is 21.1. The second-order valence-corrected chi connectivity index (χ2v) is 7.80. The second-order valence-electron chi connectivity index (χ2n) is 7.36. The predicted molar refractivity (Wildman–Crippen MR) is 115 cm³/mol. The van der Waals surface area contributed by atoms with E-state index >= 15 is 0 Å². The number of pyridine rings is 1. The van der Waals surface area contributed by atoms with Crippen LogP contribution in [-0.2, 0) is 4.79 Å². The topological polar surface area (TPSA) is 80.1 Å². The predicted octanol–water partition coefficient (Wildman–Crippen LogP) is 3.72. The molecule has 4 rings (SSSR count). The smallest absolute Gasteiger partial charge is 0.274 e. The average Bonchev–Trinajstić information content (AvgIpc) is 3.17. The minimum Gasteiger partial charge on any atom is -0.336 e. The lowest BCUT2D eigenvalue weighted by Gasteiger charge is -2.31. The van der Waals surface area contributed by atoms with Gasteiger partial charge >= 0.3 is 0 Å². The van der Waals surface area contributed by atoms with Gasteiger partial charge in [-0.2, -0.15) is 5.10 Å². The molecule has 1 aliphatic rings. The van der Waals surface area contributed by atoms with E-state index in [2.05, 4.69) is 15.4 Å². The Balaban J connectivity index is 1.45. The molecule has 1 saturated heterocycles. The average molecular weight is 424 g/mol. The van der Waals surface area contributed by atoms with Crippen LogP contribution in [0.1, 0.15) is 29.0 Å². The Morgan fingerprint density at radius 1 is 1.17 bits per heavy atom. The zero-order valence-corrected chi connectivity index (χ0v) is 17.3. The standard InChI is InChI=1S/C22H22ClN5O2/c1-15-12-19(26-28(15)18-7-3-2-4-8-18)22(30)27-11-5-6-16(14-27)21(29)25-20-10-9-17(23)13-24-20/h2-4,7-10,12-13,16H,5-6,11,14H2,1H3,(H,24,25,29). The maximum Gasteiger partial charge on any atom is 0.274 e. The molecule has 154 valence electrons. The molecule has 1 aliphatic heterocycles. The Kier molecular flexibility index (Phi) is 5.81. The molecule has 1 N–H and O–H groups in total. The molecule has 1 atom stereocenters. The van der Waals surface area contributed by atoms with Crippen LogP contribution in [0.2, 0.25) is 5.02 Å². The number of aromatic nitrogens is 3. The van der Waals surface area contributed by atoms with E-state index in [4.69, 9.17) is 11.6 Å². The quantitative estimate of drug-likeness (QED) is 0.693. The first-order valence-electron chi connectivity index (χ1n) is 9.85. The molecule has 3 heterocycles. The van der Waals surface area contributed by atoms with Crippen molar-refractivity contribution in [3.63, 3.8) is 0 Å². The van der Waals surface area contributed by atoms with Crippen molar-refractivity contribution < 1.29 is 9.59 Å². The Morgan fingerprint density at radius 2 is 1.97 bits per heavy atom. The van der Waals surface area contributed by atoms with Crippen molar-refractivity contribution in [1.82, 2.24) is 19.7 Å². The summed E-state index contributed by atoms with van der Waals surface area (Å²) in [5.41, 5.74) is 2.17. The monoisotopic (exact) mass is 423 g/mol. The number of likely N-dealkylation sites (tertiary alicyclic amines) is 1. The van der Waals surface area contributed by atoms with Gasteiger partial charge in [-0.05, 0) is 50.1 Å². The summed E-state index contributed by atoms with van der Waals surface area (Å²) in [6.07, 6.45) is 2.97. The third-order valence-corrected chi connectivity index (χ3v) is 5.39. The number of aryl methyl sites for hydroxylation is 1. The third-order valence-electron chi connectivity index (χ3n) is 5.17. The van der Waals surface area contributed by atoms with Crippen LogP contribution in [0.4, 0.5) is 5.82 Å². The van der Waals surface area contributed by atoms with Crippen LogP contribution >= 0.6 is 11.6 Å². The molecule has 1 fully saturated rings. The Labute approximate surface area is 179 Å². The van der Waals surface area contributed by atoms with Gasteiger partial charge in [0.05, 0.1) is 16.6 Å². The van der Waals surface area contributed by atoms with Crippen molar-refractivity contribution in [3.05, 3.63) is 71.1 Å². The fourth-order valence-electron chi connectivity index (χ4n) is 3.63. The lowest BCUT2D eigenvalue weighted by Crippen LogP contribution is -2.44. The number of benzene rings is 1. The van der Waals surface area contributed by atoms with E-state index in [0.29, 0.717) is 29.6 Å². The van der Waals surface area contributed by atoms with Crippen LogP contribution in [0.5, 0.6) is 0 Å². The minimum absolute atomic E-state index is 0.145. The molecule has 2 amide bonds. The maximum absolute atomic E-state index is 13.1. The molecule has 3 aromatic rings. The van der Waals surface area contributed by atoms with Crippen molar-refractivity contribution in [2.75, 3.05) is 18.4 Å². The number of rotatable bonds is 4. The molecule has 0 aliphatic carbocycles. The highest BCUT2D eigenvalue weighted by molar-refractivity contribution is 6.30. The van der Waals surface area contributed by atoms with Gasteiger partial charge in [0, 0.05) is 25.0 Å². The minimum atomic E-state index is -0.294. The number of carbonyl (C=O) groups excluding carboxylic acids is 2. The number of nitrogens with one attached hydrogen (secondary N) is 1. The van der Waals surface area contributed by atoms with Gasteiger partial charge in [-0.3, -0.25) is 9.59 Å². The van der Waals surface area contributed by atoms with Crippen molar-refractivity contribution >= 4 is 29.2 Å². The number of piperidine rings is 1. The number of amides is 2. The van der Waals surface area contributed by atoms with E-state index in [1.54, 1.807) is 27.8 Å². The molecule has 1 unspecified atom stereocenters. The molecule has 8 heteroatoms. The van der Waals surface area contributed by atoms with Gasteiger partial charge in [0.15, 0.2) is 5.69 Å². The first-order chi connectivity index (χ1) is 14.5. The van der Waals surface area contributed by atoms with E-state index in [9.17, 15) is 9.59 Å². The number of halogens is 1. The summed E-state index contributed by atoms with van der Waals surface area (Å²) in [5.74, 6) is -0.147. The first kappa shape index (κ1) is 20.1. The highest BCUT2D eigenvalue weighted by Gasteiger charge is 2.30. The molecule has 30 heavy (non-hydrogen) atoms. The van der Waals surface area contributed by atoms with Crippen LogP contribution in [0.25, 0.3) is 5.69 Å². The van der Waals surface area contributed by atoms with Gasteiger partial charge < -0.3 is 10.2 Å². The Hall–Kier alpha value is -3.19. The SMILES string of the molecule is Cc1cc(C(=O)N2CCCC(C(=O)Nc3ccc(Cl)cn3)C2)nn1-c1ccccc1. The molecule has 0 bridgehead atoms. The van der Waals surface area contributed by atoms with E-state index in [1.807, 2.05) is 37.3 Å². The number of carbonyl (C=O) groups is 2. The fraction of sp³-hybridized carbons (Fsp3) is 0.273.